The molecule has 5 heterocycles. The molecule has 0 unspecified atom stereocenters. The fourth-order valence-electron chi connectivity index (χ4n) is 12.4. The summed E-state index contributed by atoms with van der Waals surface area (Å²) >= 11 is 0. The SMILES string of the molecule is c1ccc2c(c1)c1ccccc1n2-c1ccc(-c2cc(-c3cc(-n4c5ccccc5c5ccccc54)cc(-n4c5ccccc5c5ccccc54)c3)cc(-c3ccc(-n4c5ccccc5c5ccccc54)cc3)n2)cc1. The molecule has 0 saturated carbocycles. The van der Waals surface area contributed by atoms with Crippen molar-refractivity contribution in [1.29, 1.82) is 0 Å². The summed E-state index contributed by atoms with van der Waals surface area (Å²) in [5, 5.41) is 9.88. The predicted octanol–water partition coefficient (Wildman–Crippen LogP) is 18.5. The molecule has 5 heteroatoms. The Morgan fingerprint density at radius 2 is 0.408 bits per heavy atom. The number of hydrogen-bond donors (Lipinski definition) is 0. The summed E-state index contributed by atoms with van der Waals surface area (Å²) in [6.07, 6.45) is 0. The van der Waals surface area contributed by atoms with Crippen LogP contribution in [0, 0.1) is 0 Å². The summed E-state index contributed by atoms with van der Waals surface area (Å²) in [6.45, 7) is 0. The van der Waals surface area contributed by atoms with E-state index in [0.717, 1.165) is 78.5 Å². The van der Waals surface area contributed by atoms with E-state index < -0.39 is 0 Å². The highest BCUT2D eigenvalue weighted by Crippen LogP contribution is 2.41. The third kappa shape index (κ3) is 6.42. The molecule has 76 heavy (non-hydrogen) atoms. The lowest BCUT2D eigenvalue weighted by molar-refractivity contribution is 1.13. The summed E-state index contributed by atoms with van der Waals surface area (Å²) in [6, 6.07) is 99.5. The summed E-state index contributed by atoms with van der Waals surface area (Å²) < 4.78 is 9.63. The van der Waals surface area contributed by atoms with Crippen molar-refractivity contribution in [3.8, 4) is 56.4 Å². The van der Waals surface area contributed by atoms with E-state index in [1.807, 2.05) is 0 Å². The van der Waals surface area contributed by atoms with E-state index in [-0.39, 0.29) is 0 Å². The van der Waals surface area contributed by atoms with Crippen LogP contribution in [-0.2, 0) is 0 Å². The number of para-hydroxylation sites is 8. The molecule has 11 aromatic carbocycles. The second-order valence-corrected chi connectivity index (χ2v) is 19.9. The van der Waals surface area contributed by atoms with Crippen LogP contribution in [0.15, 0.2) is 273 Å². The van der Waals surface area contributed by atoms with Gasteiger partial charge in [-0.1, -0.05) is 170 Å². The molecule has 0 aliphatic carbocycles. The lowest BCUT2D eigenvalue weighted by Gasteiger charge is -2.17. The number of aromatic nitrogens is 5. The molecule has 16 aromatic rings. The molecular formula is C71H45N5. The Labute approximate surface area is 437 Å². The van der Waals surface area contributed by atoms with E-state index in [9.17, 15) is 0 Å². The number of pyridine rings is 1. The number of hydrogen-bond acceptors (Lipinski definition) is 1. The Morgan fingerprint density at radius 1 is 0.184 bits per heavy atom. The van der Waals surface area contributed by atoms with Crippen molar-refractivity contribution in [1.82, 2.24) is 23.3 Å². The second kappa shape index (κ2) is 16.7. The highest BCUT2D eigenvalue weighted by atomic mass is 15.0. The molecule has 0 atom stereocenters. The molecule has 0 bridgehead atoms. The van der Waals surface area contributed by atoms with Crippen LogP contribution in [0.5, 0.6) is 0 Å². The molecule has 354 valence electrons. The second-order valence-electron chi connectivity index (χ2n) is 19.9. The van der Waals surface area contributed by atoms with Gasteiger partial charge in [0.25, 0.3) is 0 Å². The van der Waals surface area contributed by atoms with Gasteiger partial charge in [0.2, 0.25) is 0 Å². The van der Waals surface area contributed by atoms with Gasteiger partial charge in [-0.15, -0.1) is 0 Å². The van der Waals surface area contributed by atoms with Crippen molar-refractivity contribution in [3.63, 3.8) is 0 Å². The van der Waals surface area contributed by atoms with Gasteiger partial charge in [0.1, 0.15) is 0 Å². The number of nitrogens with zero attached hydrogens (tertiary/aromatic N) is 5. The molecule has 0 fully saturated rings. The Balaban J connectivity index is 0.924. The van der Waals surface area contributed by atoms with Crippen LogP contribution in [-0.4, -0.2) is 23.3 Å². The largest absolute Gasteiger partial charge is 0.309 e. The highest BCUT2D eigenvalue weighted by molar-refractivity contribution is 6.12. The molecule has 5 nitrogen and oxygen atoms in total. The first-order valence-electron chi connectivity index (χ1n) is 26.0. The van der Waals surface area contributed by atoms with E-state index in [1.54, 1.807) is 0 Å². The first-order chi connectivity index (χ1) is 37.7. The zero-order valence-corrected chi connectivity index (χ0v) is 41.2. The zero-order valence-electron chi connectivity index (χ0n) is 41.2. The van der Waals surface area contributed by atoms with Crippen molar-refractivity contribution in [3.05, 3.63) is 273 Å². The van der Waals surface area contributed by atoms with E-state index in [2.05, 4.69) is 291 Å². The number of benzene rings is 11. The third-order valence-electron chi connectivity index (χ3n) is 15.7. The van der Waals surface area contributed by atoms with E-state index in [0.29, 0.717) is 0 Å². The lowest BCUT2D eigenvalue weighted by Crippen LogP contribution is -2.00. The van der Waals surface area contributed by atoms with Gasteiger partial charge < -0.3 is 18.3 Å². The average Bonchev–Trinajstić information content (AvgIpc) is 4.23. The van der Waals surface area contributed by atoms with Gasteiger partial charge in [-0.3, -0.25) is 0 Å². The van der Waals surface area contributed by atoms with Gasteiger partial charge in [0, 0.05) is 77.0 Å². The predicted molar refractivity (Wildman–Crippen MR) is 318 cm³/mol. The van der Waals surface area contributed by atoms with Crippen molar-refractivity contribution in [2.45, 2.75) is 0 Å². The fourth-order valence-corrected chi connectivity index (χ4v) is 12.4. The lowest BCUT2D eigenvalue weighted by atomic mass is 9.98. The van der Waals surface area contributed by atoms with Crippen molar-refractivity contribution >= 4 is 87.2 Å². The zero-order chi connectivity index (χ0) is 49.8. The van der Waals surface area contributed by atoms with Crippen molar-refractivity contribution < 1.29 is 0 Å². The van der Waals surface area contributed by atoms with Gasteiger partial charge in [-0.05, 0) is 114 Å². The van der Waals surface area contributed by atoms with E-state index >= 15 is 0 Å². The Hall–Kier alpha value is -10.2. The molecule has 0 radical (unpaired) electrons. The van der Waals surface area contributed by atoms with Crippen molar-refractivity contribution in [2.24, 2.45) is 0 Å². The summed E-state index contributed by atoms with van der Waals surface area (Å²) in [4.78, 5) is 5.57. The Kier molecular flexibility index (Phi) is 9.27. The molecule has 0 amide bonds. The van der Waals surface area contributed by atoms with Crippen LogP contribution in [0.1, 0.15) is 0 Å². The van der Waals surface area contributed by atoms with Crippen LogP contribution >= 0.6 is 0 Å². The van der Waals surface area contributed by atoms with Crippen LogP contribution < -0.4 is 0 Å². The molecule has 0 aliphatic rings. The normalized spacial score (nSPS) is 11.9. The molecule has 0 N–H and O–H groups in total. The minimum Gasteiger partial charge on any atom is -0.309 e. The molecule has 5 aromatic heterocycles. The average molecular weight is 968 g/mol. The van der Waals surface area contributed by atoms with Gasteiger partial charge in [-0.25, -0.2) is 4.98 Å². The molecule has 0 spiro atoms. The third-order valence-corrected chi connectivity index (χ3v) is 15.7. The van der Waals surface area contributed by atoms with Gasteiger partial charge in [0.05, 0.1) is 55.5 Å². The smallest absolute Gasteiger partial charge is 0.0715 e. The number of fused-ring (bicyclic) bond motifs is 12. The number of rotatable bonds is 7. The topological polar surface area (TPSA) is 32.6 Å². The van der Waals surface area contributed by atoms with Gasteiger partial charge in [0.15, 0.2) is 0 Å². The quantitative estimate of drug-likeness (QED) is 0.157. The van der Waals surface area contributed by atoms with Gasteiger partial charge >= 0.3 is 0 Å². The van der Waals surface area contributed by atoms with Gasteiger partial charge in [-0.2, -0.15) is 0 Å². The van der Waals surface area contributed by atoms with Crippen LogP contribution in [0.3, 0.4) is 0 Å². The first kappa shape index (κ1) is 42.3. The molecular weight excluding hydrogens is 923 g/mol. The van der Waals surface area contributed by atoms with Crippen molar-refractivity contribution in [2.75, 3.05) is 0 Å². The Bertz CT molecular complexity index is 4470. The van der Waals surface area contributed by atoms with E-state index in [1.165, 1.54) is 65.2 Å². The monoisotopic (exact) mass is 967 g/mol. The maximum Gasteiger partial charge on any atom is 0.0715 e. The summed E-state index contributed by atoms with van der Waals surface area (Å²) in [5.41, 5.74) is 19.8. The molecule has 0 saturated heterocycles. The molecule has 0 aliphatic heterocycles. The maximum atomic E-state index is 5.57. The Morgan fingerprint density at radius 3 is 0.671 bits per heavy atom. The molecule has 16 rings (SSSR count). The van der Waals surface area contributed by atoms with E-state index in [4.69, 9.17) is 4.98 Å². The van der Waals surface area contributed by atoms with Crippen LogP contribution in [0.25, 0.3) is 144 Å². The standard InChI is InChI=1S/C71H45N5/c1-9-25-64-54(17-1)55-18-2-10-26-65(55)73(64)50-37-33-46(34-38-50)62-43-49(44-63(72-62)47-35-39-51(40-36-47)74-66-27-11-3-19-56(66)57-20-4-12-28-67(57)74)48-41-52(75-68-29-13-5-21-58(68)59-22-6-14-30-69(59)75)45-53(42-48)76-70-31-15-7-23-60(70)61-24-8-16-32-71(61)76/h1-45H. The summed E-state index contributed by atoms with van der Waals surface area (Å²) in [5.74, 6) is 0. The first-order valence-corrected chi connectivity index (χ1v) is 26.0. The van der Waals surface area contributed by atoms with Crippen LogP contribution in [0.4, 0.5) is 0 Å². The van der Waals surface area contributed by atoms with Crippen LogP contribution in [0.2, 0.25) is 0 Å². The fraction of sp³-hybridized carbons (Fsp3) is 0. The summed E-state index contributed by atoms with van der Waals surface area (Å²) in [7, 11) is 0. The maximum absolute atomic E-state index is 5.57. The highest BCUT2D eigenvalue weighted by Gasteiger charge is 2.20. The minimum absolute atomic E-state index is 0.897. The minimum atomic E-state index is 0.897.